The number of fused-ring (bicyclic) bond motifs is 1. The minimum atomic E-state index is -0.987. The van der Waals surface area contributed by atoms with E-state index >= 15 is 0 Å². The third-order valence-electron chi connectivity index (χ3n) is 3.20. The van der Waals surface area contributed by atoms with Gasteiger partial charge in [-0.2, -0.15) is 0 Å². The zero-order valence-corrected chi connectivity index (χ0v) is 12.1. The molecule has 2 aromatic carbocycles. The molecule has 0 heterocycles. The second-order valence-electron chi connectivity index (χ2n) is 4.73. The van der Waals surface area contributed by atoms with E-state index in [2.05, 4.69) is 0 Å². The van der Waals surface area contributed by atoms with Crippen molar-refractivity contribution >= 4 is 22.8 Å². The molecule has 0 aromatic heterocycles. The normalized spacial score (nSPS) is 12.7. The van der Waals surface area contributed by atoms with Crippen LogP contribution in [-0.2, 0) is 9.53 Å². The summed E-state index contributed by atoms with van der Waals surface area (Å²) in [6.07, 6.45) is 2.65. The SMILES string of the molecule is COC(C)COc1ccc2ccccc2c1/C=C/C(=O)O. The standard InChI is InChI=1S/C17H18O4/c1-12(20-2)11-21-16-9-7-13-5-3-4-6-14(13)15(16)8-10-17(18)19/h3-10,12H,11H2,1-2H3,(H,18,19)/b10-8+. The topological polar surface area (TPSA) is 55.8 Å². The Hall–Kier alpha value is -2.33. The van der Waals surface area contributed by atoms with Crippen LogP contribution in [-0.4, -0.2) is 30.9 Å². The highest BCUT2D eigenvalue weighted by Gasteiger charge is 2.08. The molecular weight excluding hydrogens is 268 g/mol. The molecule has 2 rings (SSSR count). The summed E-state index contributed by atoms with van der Waals surface area (Å²) in [6.45, 7) is 2.32. The monoisotopic (exact) mass is 286 g/mol. The molecule has 1 unspecified atom stereocenters. The van der Waals surface area contributed by atoms with Gasteiger partial charge < -0.3 is 14.6 Å². The third-order valence-corrected chi connectivity index (χ3v) is 3.20. The zero-order chi connectivity index (χ0) is 15.2. The highest BCUT2D eigenvalue weighted by atomic mass is 16.5. The van der Waals surface area contributed by atoms with E-state index in [4.69, 9.17) is 14.6 Å². The minimum Gasteiger partial charge on any atom is -0.490 e. The van der Waals surface area contributed by atoms with Crippen molar-refractivity contribution in [2.75, 3.05) is 13.7 Å². The molecule has 0 saturated carbocycles. The van der Waals surface area contributed by atoms with Gasteiger partial charge in [-0.15, -0.1) is 0 Å². The van der Waals surface area contributed by atoms with Gasteiger partial charge in [-0.05, 0) is 29.8 Å². The second kappa shape index (κ2) is 6.90. The van der Waals surface area contributed by atoms with Crippen LogP contribution in [0.15, 0.2) is 42.5 Å². The van der Waals surface area contributed by atoms with Gasteiger partial charge in [0.25, 0.3) is 0 Å². The predicted octanol–water partition coefficient (Wildman–Crippen LogP) is 3.35. The highest BCUT2D eigenvalue weighted by Crippen LogP contribution is 2.29. The fraction of sp³-hybridized carbons (Fsp3) is 0.235. The van der Waals surface area contributed by atoms with Crippen molar-refractivity contribution in [2.24, 2.45) is 0 Å². The maximum Gasteiger partial charge on any atom is 0.328 e. The van der Waals surface area contributed by atoms with Crippen LogP contribution in [0.5, 0.6) is 5.75 Å². The van der Waals surface area contributed by atoms with E-state index in [0.717, 1.165) is 22.4 Å². The molecule has 0 bridgehead atoms. The number of benzene rings is 2. The first-order valence-corrected chi connectivity index (χ1v) is 6.70. The number of methoxy groups -OCH3 is 1. The van der Waals surface area contributed by atoms with Gasteiger partial charge in [0.05, 0.1) is 6.10 Å². The molecule has 0 aliphatic carbocycles. The molecule has 4 nitrogen and oxygen atoms in total. The van der Waals surface area contributed by atoms with Crippen molar-refractivity contribution in [1.82, 2.24) is 0 Å². The Balaban J connectivity index is 2.43. The largest absolute Gasteiger partial charge is 0.490 e. The van der Waals surface area contributed by atoms with Gasteiger partial charge in [-0.1, -0.05) is 30.3 Å². The van der Waals surface area contributed by atoms with Crippen LogP contribution in [0.4, 0.5) is 0 Å². The van der Waals surface area contributed by atoms with Gasteiger partial charge in [0.1, 0.15) is 12.4 Å². The summed E-state index contributed by atoms with van der Waals surface area (Å²) in [4.78, 5) is 10.8. The van der Waals surface area contributed by atoms with Gasteiger partial charge in [0.2, 0.25) is 0 Å². The van der Waals surface area contributed by atoms with Gasteiger partial charge >= 0.3 is 5.97 Å². The molecule has 0 radical (unpaired) electrons. The lowest BCUT2D eigenvalue weighted by Gasteiger charge is -2.15. The molecule has 0 saturated heterocycles. The molecule has 0 amide bonds. The second-order valence-corrected chi connectivity index (χ2v) is 4.73. The molecule has 0 aliphatic rings. The maximum atomic E-state index is 10.8. The van der Waals surface area contributed by atoms with E-state index in [1.807, 2.05) is 43.3 Å². The lowest BCUT2D eigenvalue weighted by molar-refractivity contribution is -0.131. The molecule has 21 heavy (non-hydrogen) atoms. The van der Waals surface area contributed by atoms with Crippen molar-refractivity contribution in [1.29, 1.82) is 0 Å². The number of ether oxygens (including phenoxy) is 2. The Morgan fingerprint density at radius 2 is 2.05 bits per heavy atom. The number of carboxylic acid groups (broad SMARTS) is 1. The number of hydrogen-bond donors (Lipinski definition) is 1. The fourth-order valence-corrected chi connectivity index (χ4v) is 2.00. The van der Waals surface area contributed by atoms with Crippen LogP contribution in [0.3, 0.4) is 0 Å². The summed E-state index contributed by atoms with van der Waals surface area (Å²) in [6, 6.07) is 11.6. The molecular formula is C17H18O4. The fourth-order valence-electron chi connectivity index (χ4n) is 2.00. The van der Waals surface area contributed by atoms with Crippen LogP contribution >= 0.6 is 0 Å². The molecule has 0 aliphatic heterocycles. The van der Waals surface area contributed by atoms with E-state index in [9.17, 15) is 4.79 Å². The van der Waals surface area contributed by atoms with E-state index in [0.29, 0.717) is 12.4 Å². The average Bonchev–Trinajstić information content (AvgIpc) is 2.50. The molecule has 110 valence electrons. The summed E-state index contributed by atoms with van der Waals surface area (Å²) in [5.41, 5.74) is 0.763. The lowest BCUT2D eigenvalue weighted by atomic mass is 10.0. The number of carbonyl (C=O) groups is 1. The van der Waals surface area contributed by atoms with Crippen molar-refractivity contribution in [2.45, 2.75) is 13.0 Å². The Labute approximate surface area is 123 Å². The summed E-state index contributed by atoms with van der Waals surface area (Å²) < 4.78 is 10.9. The molecule has 4 heteroatoms. The summed E-state index contributed by atoms with van der Waals surface area (Å²) in [5.74, 6) is -0.339. The Kier molecular flexibility index (Phi) is 4.95. The van der Waals surface area contributed by atoms with Gasteiger partial charge in [0, 0.05) is 18.7 Å². The van der Waals surface area contributed by atoms with Crippen molar-refractivity contribution < 1.29 is 19.4 Å². The van der Waals surface area contributed by atoms with Crippen LogP contribution in [0.25, 0.3) is 16.8 Å². The quantitative estimate of drug-likeness (QED) is 0.827. The minimum absolute atomic E-state index is 0.0345. The van der Waals surface area contributed by atoms with Gasteiger partial charge in [0.15, 0.2) is 0 Å². The Morgan fingerprint density at radius 3 is 2.76 bits per heavy atom. The maximum absolute atomic E-state index is 10.8. The Bertz CT molecular complexity index is 661. The molecule has 0 spiro atoms. The summed E-state index contributed by atoms with van der Waals surface area (Å²) >= 11 is 0. The van der Waals surface area contributed by atoms with Gasteiger partial charge in [-0.3, -0.25) is 0 Å². The van der Waals surface area contributed by atoms with Gasteiger partial charge in [-0.25, -0.2) is 4.79 Å². The first-order valence-electron chi connectivity index (χ1n) is 6.70. The van der Waals surface area contributed by atoms with Crippen molar-refractivity contribution in [3.8, 4) is 5.75 Å². The molecule has 0 fully saturated rings. The lowest BCUT2D eigenvalue weighted by Crippen LogP contribution is -2.16. The predicted molar refractivity (Wildman–Crippen MR) is 82.6 cm³/mol. The molecule has 2 aromatic rings. The van der Waals surface area contributed by atoms with Crippen molar-refractivity contribution in [3.63, 3.8) is 0 Å². The highest BCUT2D eigenvalue weighted by molar-refractivity contribution is 5.96. The molecule has 1 atom stereocenters. The number of rotatable bonds is 6. The van der Waals surface area contributed by atoms with Crippen LogP contribution in [0.1, 0.15) is 12.5 Å². The van der Waals surface area contributed by atoms with Crippen LogP contribution < -0.4 is 4.74 Å². The number of hydrogen-bond acceptors (Lipinski definition) is 3. The summed E-state index contributed by atoms with van der Waals surface area (Å²) in [7, 11) is 1.62. The smallest absolute Gasteiger partial charge is 0.328 e. The van der Waals surface area contributed by atoms with E-state index in [1.54, 1.807) is 13.2 Å². The van der Waals surface area contributed by atoms with Crippen LogP contribution in [0, 0.1) is 0 Å². The first-order chi connectivity index (χ1) is 10.1. The number of carboxylic acids is 1. The number of aliphatic carboxylic acids is 1. The van der Waals surface area contributed by atoms with Crippen LogP contribution in [0.2, 0.25) is 0 Å². The zero-order valence-electron chi connectivity index (χ0n) is 12.1. The van der Waals surface area contributed by atoms with Crippen molar-refractivity contribution in [3.05, 3.63) is 48.0 Å². The average molecular weight is 286 g/mol. The first kappa shape index (κ1) is 15.1. The van der Waals surface area contributed by atoms with E-state index in [1.165, 1.54) is 0 Å². The third kappa shape index (κ3) is 3.83. The van der Waals surface area contributed by atoms with E-state index < -0.39 is 5.97 Å². The molecule has 1 N–H and O–H groups in total. The van der Waals surface area contributed by atoms with E-state index in [-0.39, 0.29) is 6.10 Å². The Morgan fingerprint density at radius 1 is 1.29 bits per heavy atom. The summed E-state index contributed by atoms with van der Waals surface area (Å²) in [5, 5.41) is 10.8.